The van der Waals surface area contributed by atoms with Crippen LogP contribution in [0.3, 0.4) is 0 Å². The van der Waals surface area contributed by atoms with Crippen LogP contribution in [0.5, 0.6) is 0 Å². The zero-order chi connectivity index (χ0) is 15.8. The highest BCUT2D eigenvalue weighted by Gasteiger charge is 2.63. The van der Waals surface area contributed by atoms with Gasteiger partial charge in [-0.2, -0.15) is 0 Å². The third-order valence-electron chi connectivity index (χ3n) is 2.36. The van der Waals surface area contributed by atoms with E-state index in [1.54, 1.807) is 0 Å². The second kappa shape index (κ2) is 5.24. The third-order valence-corrected chi connectivity index (χ3v) is 5.06. The van der Waals surface area contributed by atoms with Crippen LogP contribution in [0, 0.1) is 0 Å². The van der Waals surface area contributed by atoms with Crippen LogP contribution in [0.4, 0.5) is 4.79 Å². The van der Waals surface area contributed by atoms with Gasteiger partial charge in [-0.25, -0.2) is 4.79 Å². The minimum Gasteiger partial charge on any atom is -0.465 e. The van der Waals surface area contributed by atoms with Crippen molar-refractivity contribution in [2.45, 2.75) is 5.28 Å². The average Bonchev–Trinajstić information content (AvgIpc) is 2.29. The van der Waals surface area contributed by atoms with Crippen LogP contribution in [0.2, 0.25) is 0 Å². The fourth-order valence-electron chi connectivity index (χ4n) is 1.24. The molecule has 0 aromatic carbocycles. The first-order valence-electron chi connectivity index (χ1n) is 4.78. The summed E-state index contributed by atoms with van der Waals surface area (Å²) in [6.45, 7) is -2.02. The molecule has 0 spiro atoms. The van der Waals surface area contributed by atoms with E-state index in [2.05, 4.69) is 4.52 Å². The van der Waals surface area contributed by atoms with Crippen molar-refractivity contribution in [3.63, 3.8) is 0 Å². The molecule has 2 amide bonds. The predicted molar refractivity (Wildman–Crippen MR) is 59.7 cm³/mol. The third kappa shape index (κ3) is 3.06. The van der Waals surface area contributed by atoms with Gasteiger partial charge in [0.2, 0.25) is 5.28 Å². The van der Waals surface area contributed by atoms with E-state index < -0.39 is 51.1 Å². The first kappa shape index (κ1) is 16.8. The van der Waals surface area contributed by atoms with Crippen LogP contribution in [0.15, 0.2) is 0 Å². The Bertz CT molecular complexity index is 554. The molecule has 20 heavy (non-hydrogen) atoms. The van der Waals surface area contributed by atoms with E-state index in [0.717, 1.165) is 0 Å². The molecule has 0 aromatic rings. The van der Waals surface area contributed by atoms with Crippen molar-refractivity contribution in [2.75, 3.05) is 13.2 Å². The van der Waals surface area contributed by atoms with Crippen LogP contribution < -0.4 is 10.6 Å². The Labute approximate surface area is 110 Å². The van der Waals surface area contributed by atoms with Gasteiger partial charge in [0.1, 0.15) is 6.61 Å². The number of hydrogen-bond acceptors (Lipinski definition) is 6. The van der Waals surface area contributed by atoms with Gasteiger partial charge in [-0.1, -0.05) is 0 Å². The van der Waals surface area contributed by atoms with Crippen LogP contribution >= 0.6 is 15.2 Å². The molecular formula is C6H10N2O10P2. The Morgan fingerprint density at radius 1 is 1.35 bits per heavy atom. The van der Waals surface area contributed by atoms with Gasteiger partial charge in [-0.3, -0.25) is 28.6 Å². The summed E-state index contributed by atoms with van der Waals surface area (Å²) >= 11 is 0. The van der Waals surface area contributed by atoms with Crippen molar-refractivity contribution in [1.29, 1.82) is 0 Å². The van der Waals surface area contributed by atoms with Crippen LogP contribution in [0.1, 0.15) is 0 Å². The largest absolute Gasteiger partial charge is 0.465 e. The SMILES string of the molecule is O=C(O)NC1(P(=O)(O)OCC(=O)P(=O)(O)O)CNC1=O. The molecule has 0 saturated carbocycles. The lowest BCUT2D eigenvalue weighted by Crippen LogP contribution is -2.72. The number of carbonyl (C=O) groups is 3. The summed E-state index contributed by atoms with van der Waals surface area (Å²) < 4.78 is 26.5. The Morgan fingerprint density at radius 3 is 2.20 bits per heavy atom. The summed E-state index contributed by atoms with van der Waals surface area (Å²) in [5.74, 6) is -1.16. The Balaban J connectivity index is 2.89. The highest BCUT2D eigenvalue weighted by molar-refractivity contribution is 7.70. The molecule has 1 aliphatic heterocycles. The van der Waals surface area contributed by atoms with Crippen molar-refractivity contribution in [1.82, 2.24) is 10.6 Å². The lowest BCUT2D eigenvalue weighted by atomic mass is 10.1. The first-order valence-corrected chi connectivity index (χ1v) is 7.97. The molecule has 1 rings (SSSR count). The molecule has 1 aliphatic rings. The van der Waals surface area contributed by atoms with Crippen molar-refractivity contribution in [2.24, 2.45) is 0 Å². The smallest absolute Gasteiger partial charge is 0.406 e. The Morgan fingerprint density at radius 2 is 1.90 bits per heavy atom. The summed E-state index contributed by atoms with van der Waals surface area (Å²) in [6.07, 6.45) is -1.79. The van der Waals surface area contributed by atoms with E-state index in [-0.39, 0.29) is 0 Å². The summed E-state index contributed by atoms with van der Waals surface area (Å²) in [4.78, 5) is 59.2. The minimum absolute atomic E-state index is 0.573. The molecule has 12 nitrogen and oxygen atoms in total. The zero-order valence-electron chi connectivity index (χ0n) is 9.55. The van der Waals surface area contributed by atoms with Crippen LogP contribution in [-0.4, -0.2) is 55.7 Å². The lowest BCUT2D eigenvalue weighted by Gasteiger charge is -2.41. The van der Waals surface area contributed by atoms with Gasteiger partial charge in [-0.15, -0.1) is 0 Å². The van der Waals surface area contributed by atoms with E-state index in [0.29, 0.717) is 0 Å². The van der Waals surface area contributed by atoms with E-state index >= 15 is 0 Å². The molecule has 0 radical (unpaired) electrons. The monoisotopic (exact) mass is 332 g/mol. The van der Waals surface area contributed by atoms with Crippen LogP contribution in [0.25, 0.3) is 0 Å². The molecule has 0 bridgehead atoms. The zero-order valence-corrected chi connectivity index (χ0v) is 11.3. The fraction of sp³-hybridized carbons (Fsp3) is 0.500. The molecule has 1 heterocycles. The minimum atomic E-state index is -5.16. The van der Waals surface area contributed by atoms with Crippen molar-refractivity contribution in [3.05, 3.63) is 0 Å². The summed E-state index contributed by atoms with van der Waals surface area (Å²) in [5, 5.41) is 9.55. The maximum atomic E-state index is 11.8. The number of hydrogen-bond donors (Lipinski definition) is 6. The van der Waals surface area contributed by atoms with Crippen molar-refractivity contribution >= 4 is 32.7 Å². The second-order valence-corrected chi connectivity index (χ2v) is 7.35. The molecule has 0 aliphatic carbocycles. The van der Waals surface area contributed by atoms with Gasteiger partial charge in [0.25, 0.3) is 11.4 Å². The molecule has 6 N–H and O–H groups in total. The number of β-lactam (4-membered cyclic amide) rings is 1. The van der Waals surface area contributed by atoms with Crippen molar-refractivity contribution < 1.29 is 47.8 Å². The van der Waals surface area contributed by atoms with Gasteiger partial charge in [0, 0.05) is 0 Å². The van der Waals surface area contributed by atoms with Crippen molar-refractivity contribution in [3.8, 4) is 0 Å². The van der Waals surface area contributed by atoms with E-state index in [1.165, 1.54) is 5.32 Å². The standard InChI is InChI=1S/C6H10N2O10P2/c9-3(19(13,14)15)1-18-20(16,17)6(8-5(11)12)2-7-4(6)10/h8H,1-2H2,(H,7,10)(H,11,12)(H,16,17)(H2,13,14,15). The normalized spacial score (nSPS) is 25.1. The number of amides is 2. The highest BCUT2D eigenvalue weighted by atomic mass is 31.2. The maximum absolute atomic E-state index is 11.8. The van der Waals surface area contributed by atoms with Gasteiger partial charge in [0.05, 0.1) is 6.54 Å². The molecule has 1 fully saturated rings. The number of carboxylic acid groups (broad SMARTS) is 1. The fourth-order valence-corrected chi connectivity index (χ4v) is 2.94. The number of rotatable bonds is 6. The van der Waals surface area contributed by atoms with Gasteiger partial charge in [0.15, 0.2) is 0 Å². The topological polar surface area (TPSA) is 200 Å². The van der Waals surface area contributed by atoms with E-state index in [1.807, 2.05) is 5.32 Å². The van der Waals surface area contributed by atoms with Gasteiger partial charge < -0.3 is 25.1 Å². The van der Waals surface area contributed by atoms with Gasteiger partial charge in [-0.05, 0) is 0 Å². The first-order chi connectivity index (χ1) is 8.92. The van der Waals surface area contributed by atoms with E-state index in [4.69, 9.17) is 14.9 Å². The highest BCUT2D eigenvalue weighted by Crippen LogP contribution is 2.56. The Hall–Kier alpha value is -1.29. The Kier molecular flexibility index (Phi) is 4.39. The summed E-state index contributed by atoms with van der Waals surface area (Å²) in [6, 6.07) is 0. The quantitative estimate of drug-likeness (QED) is 0.233. The molecule has 14 heteroatoms. The maximum Gasteiger partial charge on any atom is 0.406 e. The number of carbonyl (C=O) groups excluding carboxylic acids is 2. The molecular weight excluding hydrogens is 322 g/mol. The summed E-state index contributed by atoms with van der Waals surface area (Å²) in [5.41, 5.74) is -1.78. The molecule has 0 aromatic heterocycles. The van der Waals surface area contributed by atoms with E-state index in [9.17, 15) is 28.4 Å². The van der Waals surface area contributed by atoms with Crippen LogP contribution in [-0.2, 0) is 23.2 Å². The molecule has 1 saturated heterocycles. The predicted octanol–water partition coefficient (Wildman–Crippen LogP) is -2.01. The van der Waals surface area contributed by atoms with Gasteiger partial charge >= 0.3 is 21.3 Å². The second-order valence-electron chi connectivity index (χ2n) is 3.70. The molecule has 114 valence electrons. The number of nitrogens with one attached hydrogen (secondary N) is 2. The molecule has 2 atom stereocenters. The molecule has 2 unspecified atom stereocenters. The average molecular weight is 332 g/mol. The summed E-state index contributed by atoms with van der Waals surface area (Å²) in [7, 11) is -10.2. The lowest BCUT2D eigenvalue weighted by molar-refractivity contribution is -0.131.